The van der Waals surface area contributed by atoms with E-state index >= 15 is 0 Å². The van der Waals surface area contributed by atoms with E-state index in [1.165, 1.54) is 0 Å². The molecule has 0 N–H and O–H groups in total. The molecule has 1 amide bonds. The smallest absolute Gasteiger partial charge is 0.410 e. The monoisotopic (exact) mass is 442 g/mol. The molecule has 2 aliphatic heterocycles. The average Bonchev–Trinajstić information content (AvgIpc) is 3.32. The Morgan fingerprint density at radius 2 is 1.69 bits per heavy atom. The highest BCUT2D eigenvalue weighted by Crippen LogP contribution is 2.39. The number of carbonyl (C=O) groups is 1. The SMILES string of the molecule is CC(C)(C)OC(=O)N1[C@@H]2CC[C@H]1CC(OC1CCC(Oc3nccc4occc34)CC1)C2. The van der Waals surface area contributed by atoms with Crippen LogP contribution in [0.5, 0.6) is 5.88 Å². The average molecular weight is 443 g/mol. The number of fused-ring (bicyclic) bond motifs is 3. The Hall–Kier alpha value is -2.28. The van der Waals surface area contributed by atoms with Gasteiger partial charge in [-0.2, -0.15) is 0 Å². The van der Waals surface area contributed by atoms with Crippen LogP contribution in [-0.2, 0) is 9.47 Å². The molecule has 1 unspecified atom stereocenters. The molecule has 3 atom stereocenters. The van der Waals surface area contributed by atoms with Crippen molar-refractivity contribution in [2.75, 3.05) is 0 Å². The standard InChI is InChI=1S/C25H34N2O5/c1-25(2,3)32-24(28)27-16-4-5-17(27)15-20(14-16)30-18-6-8-19(9-7-18)31-23-21-11-13-29-22(21)10-12-26-23/h10-13,16-20H,4-9,14-15H2,1-3H3/t16-,17+,18?,19?,20?. The van der Waals surface area contributed by atoms with Gasteiger partial charge in [0.2, 0.25) is 5.88 Å². The van der Waals surface area contributed by atoms with E-state index in [9.17, 15) is 4.79 Å². The van der Waals surface area contributed by atoms with Gasteiger partial charge >= 0.3 is 6.09 Å². The van der Waals surface area contributed by atoms with Crippen LogP contribution in [0.2, 0.25) is 0 Å². The minimum atomic E-state index is -0.455. The summed E-state index contributed by atoms with van der Waals surface area (Å²) < 4.78 is 23.8. The molecule has 2 aromatic heterocycles. The lowest BCUT2D eigenvalue weighted by atomic mass is 9.93. The molecular weight excluding hydrogens is 408 g/mol. The largest absolute Gasteiger partial charge is 0.474 e. The van der Waals surface area contributed by atoms with Crippen LogP contribution in [-0.4, -0.2) is 52.0 Å². The molecule has 1 aliphatic carbocycles. The molecule has 1 saturated carbocycles. The van der Waals surface area contributed by atoms with Crippen LogP contribution in [0.25, 0.3) is 11.0 Å². The molecule has 3 fully saturated rings. The summed E-state index contributed by atoms with van der Waals surface area (Å²) in [6.07, 6.45) is 11.7. The molecule has 3 aliphatic rings. The fourth-order valence-electron chi connectivity index (χ4n) is 5.53. The first-order valence-electron chi connectivity index (χ1n) is 12.0. The van der Waals surface area contributed by atoms with E-state index in [-0.39, 0.29) is 36.5 Å². The maximum atomic E-state index is 12.7. The molecule has 2 aromatic rings. The zero-order valence-electron chi connectivity index (χ0n) is 19.3. The summed E-state index contributed by atoms with van der Waals surface area (Å²) in [6, 6.07) is 4.25. The fraction of sp³-hybridized carbons (Fsp3) is 0.680. The number of amides is 1. The van der Waals surface area contributed by atoms with Crippen LogP contribution < -0.4 is 4.74 Å². The Labute approximate surface area is 189 Å². The number of ether oxygens (including phenoxy) is 3. The lowest BCUT2D eigenvalue weighted by molar-refractivity contribution is -0.0814. The third kappa shape index (κ3) is 4.58. The van der Waals surface area contributed by atoms with Gasteiger partial charge in [-0.25, -0.2) is 9.78 Å². The van der Waals surface area contributed by atoms with Gasteiger partial charge in [0.1, 0.15) is 17.3 Å². The van der Waals surface area contributed by atoms with Crippen LogP contribution in [0.3, 0.4) is 0 Å². The van der Waals surface area contributed by atoms with E-state index in [0.29, 0.717) is 5.88 Å². The van der Waals surface area contributed by atoms with Crippen LogP contribution in [0.4, 0.5) is 4.79 Å². The van der Waals surface area contributed by atoms with Gasteiger partial charge in [0.05, 0.1) is 23.9 Å². The van der Waals surface area contributed by atoms with Crippen LogP contribution in [0.1, 0.15) is 72.1 Å². The highest BCUT2D eigenvalue weighted by molar-refractivity contribution is 5.81. The van der Waals surface area contributed by atoms with E-state index in [0.717, 1.165) is 62.3 Å². The summed E-state index contributed by atoms with van der Waals surface area (Å²) >= 11 is 0. The van der Waals surface area contributed by atoms with Crippen molar-refractivity contribution in [1.29, 1.82) is 0 Å². The number of carbonyl (C=O) groups excluding carboxylic acids is 1. The number of piperidine rings is 1. The number of nitrogens with zero attached hydrogens (tertiary/aromatic N) is 2. The third-order valence-corrected chi connectivity index (χ3v) is 6.92. The van der Waals surface area contributed by atoms with Crippen molar-refractivity contribution >= 4 is 17.1 Å². The predicted octanol–water partition coefficient (Wildman–Crippen LogP) is 5.46. The van der Waals surface area contributed by atoms with E-state index in [2.05, 4.69) is 4.98 Å². The van der Waals surface area contributed by atoms with Crippen molar-refractivity contribution < 1.29 is 23.4 Å². The Morgan fingerprint density at radius 1 is 1.00 bits per heavy atom. The Kier molecular flexibility index (Phi) is 5.78. The topological polar surface area (TPSA) is 74.0 Å². The van der Waals surface area contributed by atoms with Crippen molar-refractivity contribution in [2.45, 2.75) is 108 Å². The molecule has 2 bridgehead atoms. The third-order valence-electron chi connectivity index (χ3n) is 6.92. The van der Waals surface area contributed by atoms with Gasteiger partial charge in [-0.1, -0.05) is 0 Å². The number of aromatic nitrogens is 1. The second-order valence-electron chi connectivity index (χ2n) is 10.5. The van der Waals surface area contributed by atoms with E-state index in [4.69, 9.17) is 18.6 Å². The molecule has 7 nitrogen and oxygen atoms in total. The number of rotatable bonds is 4. The molecule has 0 aromatic carbocycles. The summed E-state index contributed by atoms with van der Waals surface area (Å²) in [5.41, 5.74) is 0.350. The maximum absolute atomic E-state index is 12.7. The quantitative estimate of drug-likeness (QED) is 0.625. The molecule has 174 valence electrons. The predicted molar refractivity (Wildman–Crippen MR) is 120 cm³/mol. The number of hydrogen-bond acceptors (Lipinski definition) is 6. The zero-order chi connectivity index (χ0) is 22.3. The Morgan fingerprint density at radius 3 is 2.38 bits per heavy atom. The summed E-state index contributed by atoms with van der Waals surface area (Å²) in [5.74, 6) is 0.659. The van der Waals surface area contributed by atoms with Gasteiger partial charge in [0, 0.05) is 18.3 Å². The lowest BCUT2D eigenvalue weighted by Gasteiger charge is -2.41. The normalized spacial score (nSPS) is 30.5. The van der Waals surface area contributed by atoms with Crippen LogP contribution in [0.15, 0.2) is 29.0 Å². The lowest BCUT2D eigenvalue weighted by Crippen LogP contribution is -2.50. The van der Waals surface area contributed by atoms with Crippen molar-refractivity contribution in [2.24, 2.45) is 0 Å². The van der Waals surface area contributed by atoms with Crippen molar-refractivity contribution in [3.8, 4) is 5.88 Å². The van der Waals surface area contributed by atoms with E-state index in [1.54, 1.807) is 12.5 Å². The van der Waals surface area contributed by atoms with Gasteiger partial charge in [-0.05, 0) is 84.3 Å². The first kappa shape index (κ1) is 21.6. The molecular formula is C25H34N2O5. The highest BCUT2D eigenvalue weighted by Gasteiger charge is 2.45. The molecule has 0 radical (unpaired) electrons. The molecule has 2 saturated heterocycles. The number of hydrogen-bond donors (Lipinski definition) is 0. The number of furan rings is 1. The number of pyridine rings is 1. The molecule has 32 heavy (non-hydrogen) atoms. The first-order chi connectivity index (χ1) is 15.4. The summed E-state index contributed by atoms with van der Waals surface area (Å²) in [4.78, 5) is 19.0. The fourth-order valence-corrected chi connectivity index (χ4v) is 5.53. The first-order valence-corrected chi connectivity index (χ1v) is 12.0. The van der Waals surface area contributed by atoms with Crippen molar-refractivity contribution in [1.82, 2.24) is 9.88 Å². The minimum absolute atomic E-state index is 0.160. The second kappa shape index (κ2) is 8.58. The van der Waals surface area contributed by atoms with Crippen molar-refractivity contribution in [3.63, 3.8) is 0 Å². The molecule has 0 spiro atoms. The molecule has 5 rings (SSSR count). The van der Waals surface area contributed by atoms with Gasteiger partial charge < -0.3 is 23.5 Å². The van der Waals surface area contributed by atoms with Gasteiger partial charge in [-0.15, -0.1) is 0 Å². The molecule has 4 heterocycles. The maximum Gasteiger partial charge on any atom is 0.410 e. The second-order valence-corrected chi connectivity index (χ2v) is 10.5. The van der Waals surface area contributed by atoms with Gasteiger partial charge in [0.15, 0.2) is 0 Å². The van der Waals surface area contributed by atoms with Gasteiger partial charge in [-0.3, -0.25) is 0 Å². The summed E-state index contributed by atoms with van der Waals surface area (Å²) in [7, 11) is 0. The Bertz CT molecular complexity index is 929. The highest BCUT2D eigenvalue weighted by atomic mass is 16.6. The van der Waals surface area contributed by atoms with E-state index < -0.39 is 5.60 Å². The Balaban J connectivity index is 1.11. The molecule has 7 heteroatoms. The van der Waals surface area contributed by atoms with Crippen LogP contribution in [0, 0.1) is 0 Å². The van der Waals surface area contributed by atoms with Gasteiger partial charge in [0.25, 0.3) is 0 Å². The van der Waals surface area contributed by atoms with Crippen LogP contribution >= 0.6 is 0 Å². The zero-order valence-corrected chi connectivity index (χ0v) is 19.3. The summed E-state index contributed by atoms with van der Waals surface area (Å²) in [5, 5.41) is 0.929. The summed E-state index contributed by atoms with van der Waals surface area (Å²) in [6.45, 7) is 5.77. The van der Waals surface area contributed by atoms with E-state index in [1.807, 2.05) is 37.8 Å². The van der Waals surface area contributed by atoms with Crippen molar-refractivity contribution in [3.05, 3.63) is 24.6 Å². The minimum Gasteiger partial charge on any atom is -0.474 e.